The molecule has 0 aliphatic heterocycles. The fraction of sp³-hybridized carbons (Fsp3) is 0.211. The lowest BCUT2D eigenvalue weighted by Gasteiger charge is -2.11. The zero-order valence-electron chi connectivity index (χ0n) is 14.4. The Balaban J connectivity index is 1.83. The van der Waals surface area contributed by atoms with E-state index in [1.54, 1.807) is 15.9 Å². The van der Waals surface area contributed by atoms with Gasteiger partial charge in [-0.3, -0.25) is 0 Å². The van der Waals surface area contributed by atoms with Crippen LogP contribution in [0.5, 0.6) is 0 Å². The Kier molecular flexibility index (Phi) is 3.10. The topological polar surface area (TPSA) is 68.9 Å². The monoisotopic (exact) mass is 392 g/mol. The smallest absolute Gasteiger partial charge is 0.200 e. The van der Waals surface area contributed by atoms with Gasteiger partial charge in [-0.25, -0.2) is 9.97 Å². The first-order valence-electron chi connectivity index (χ1n) is 8.79. The number of pyridine rings is 1. The van der Waals surface area contributed by atoms with Crippen molar-refractivity contribution in [3.8, 4) is 11.1 Å². The molecule has 8 heteroatoms. The quantitative estimate of drug-likeness (QED) is 0.423. The van der Waals surface area contributed by atoms with Gasteiger partial charge in [0.2, 0.25) is 5.65 Å². The summed E-state index contributed by atoms with van der Waals surface area (Å²) in [6.45, 7) is 1.93. The molecule has 0 unspecified atom stereocenters. The minimum Gasteiger partial charge on any atom is -0.242 e. The minimum absolute atomic E-state index is 0.737. The van der Waals surface area contributed by atoms with E-state index in [1.807, 2.05) is 19.1 Å². The first kappa shape index (κ1) is 15.4. The molecule has 0 fully saturated rings. The summed E-state index contributed by atoms with van der Waals surface area (Å²) in [5.74, 6) is 0.768. The number of thiophene rings is 1. The Labute approximate surface area is 162 Å². The number of tetrazole rings is 1. The minimum atomic E-state index is 0.737. The second-order valence-electron chi connectivity index (χ2n) is 6.81. The van der Waals surface area contributed by atoms with Gasteiger partial charge in [0.1, 0.15) is 15.4 Å². The molecule has 0 radical (unpaired) electrons. The first-order valence-corrected chi connectivity index (χ1v) is 9.99. The van der Waals surface area contributed by atoms with Gasteiger partial charge < -0.3 is 0 Å². The van der Waals surface area contributed by atoms with Gasteiger partial charge in [-0.05, 0) is 65.4 Å². The van der Waals surface area contributed by atoms with E-state index in [0.717, 1.165) is 61.8 Å². The van der Waals surface area contributed by atoms with E-state index in [0.29, 0.717) is 0 Å². The number of hydrogen-bond donors (Lipinski definition) is 0. The van der Waals surface area contributed by atoms with E-state index in [1.165, 1.54) is 16.8 Å². The molecule has 1 aromatic carbocycles. The highest BCUT2D eigenvalue weighted by Crippen LogP contribution is 2.44. The second kappa shape index (κ2) is 5.43. The van der Waals surface area contributed by atoms with Crippen LogP contribution in [-0.2, 0) is 12.8 Å². The van der Waals surface area contributed by atoms with E-state index < -0.39 is 0 Å². The fourth-order valence-electron chi connectivity index (χ4n) is 4.06. The van der Waals surface area contributed by atoms with Crippen LogP contribution in [0.1, 0.15) is 23.5 Å². The Morgan fingerprint density at radius 2 is 1.96 bits per heavy atom. The van der Waals surface area contributed by atoms with Crippen LogP contribution in [0.25, 0.3) is 37.2 Å². The number of aryl methyl sites for hydroxylation is 2. The lowest BCUT2D eigenvalue weighted by molar-refractivity contribution is 0.786. The van der Waals surface area contributed by atoms with Crippen LogP contribution in [0, 0.1) is 6.92 Å². The zero-order chi connectivity index (χ0) is 18.1. The Morgan fingerprint density at radius 3 is 2.81 bits per heavy atom. The van der Waals surface area contributed by atoms with Gasteiger partial charge in [-0.2, -0.15) is 4.52 Å². The Bertz CT molecular complexity index is 1370. The Morgan fingerprint density at radius 1 is 1.11 bits per heavy atom. The normalized spacial score (nSPS) is 13.9. The van der Waals surface area contributed by atoms with Crippen molar-refractivity contribution in [2.24, 2.45) is 0 Å². The van der Waals surface area contributed by atoms with E-state index in [4.69, 9.17) is 21.6 Å². The molecular weight excluding hydrogens is 380 g/mol. The van der Waals surface area contributed by atoms with Crippen molar-refractivity contribution in [1.82, 2.24) is 30.0 Å². The highest BCUT2D eigenvalue weighted by Gasteiger charge is 2.25. The predicted octanol–water partition coefficient (Wildman–Crippen LogP) is 4.40. The molecule has 6 nitrogen and oxygen atoms in total. The van der Waals surface area contributed by atoms with Crippen LogP contribution < -0.4 is 0 Å². The molecule has 0 saturated heterocycles. The van der Waals surface area contributed by atoms with Gasteiger partial charge in [-0.1, -0.05) is 23.7 Å². The summed E-state index contributed by atoms with van der Waals surface area (Å²) in [4.78, 5) is 10.8. The van der Waals surface area contributed by atoms with Crippen LogP contribution in [0.4, 0.5) is 0 Å². The summed E-state index contributed by atoms with van der Waals surface area (Å²) in [5.41, 5.74) is 6.60. The molecule has 0 spiro atoms. The molecule has 0 amide bonds. The maximum atomic E-state index is 6.13. The number of nitrogens with zero attached hydrogens (tertiary/aromatic N) is 6. The number of benzene rings is 1. The van der Waals surface area contributed by atoms with Crippen LogP contribution in [0.3, 0.4) is 0 Å². The number of halogens is 1. The third-order valence-corrected chi connectivity index (χ3v) is 6.55. The van der Waals surface area contributed by atoms with Crippen LogP contribution in [0.2, 0.25) is 5.02 Å². The SMILES string of the molecule is Cc1nc2c(sc3nc4c(c(-c5ccc(Cl)cc5)c32)CCC4)c2nnnn12. The summed E-state index contributed by atoms with van der Waals surface area (Å²) >= 11 is 7.75. The van der Waals surface area contributed by atoms with Crippen molar-refractivity contribution in [2.45, 2.75) is 26.2 Å². The van der Waals surface area contributed by atoms with Gasteiger partial charge in [0, 0.05) is 16.1 Å². The lowest BCUT2D eigenvalue weighted by Crippen LogP contribution is -1.98. The molecule has 1 aliphatic rings. The molecule has 132 valence electrons. The summed E-state index contributed by atoms with van der Waals surface area (Å²) in [5, 5.41) is 13.9. The third-order valence-electron chi connectivity index (χ3n) is 5.23. The molecule has 1 aliphatic carbocycles. The zero-order valence-corrected chi connectivity index (χ0v) is 16.0. The maximum absolute atomic E-state index is 6.13. The Hall–Kier alpha value is -2.64. The third kappa shape index (κ3) is 2.09. The summed E-state index contributed by atoms with van der Waals surface area (Å²) in [7, 11) is 0. The summed E-state index contributed by atoms with van der Waals surface area (Å²) < 4.78 is 2.67. The van der Waals surface area contributed by atoms with E-state index in [-0.39, 0.29) is 0 Å². The molecule has 0 N–H and O–H groups in total. The van der Waals surface area contributed by atoms with Crippen molar-refractivity contribution < 1.29 is 0 Å². The molecule has 0 saturated carbocycles. The van der Waals surface area contributed by atoms with E-state index >= 15 is 0 Å². The number of aromatic nitrogens is 6. The van der Waals surface area contributed by atoms with Crippen molar-refractivity contribution in [2.75, 3.05) is 0 Å². The van der Waals surface area contributed by atoms with Crippen LogP contribution >= 0.6 is 22.9 Å². The number of rotatable bonds is 1. The predicted molar refractivity (Wildman–Crippen MR) is 106 cm³/mol. The van der Waals surface area contributed by atoms with Gasteiger partial charge in [0.25, 0.3) is 0 Å². The molecule has 5 aromatic rings. The molecule has 0 bridgehead atoms. The van der Waals surface area contributed by atoms with Crippen molar-refractivity contribution in [1.29, 1.82) is 0 Å². The van der Waals surface area contributed by atoms with Crippen molar-refractivity contribution >= 4 is 49.0 Å². The molecule has 0 atom stereocenters. The standard InChI is InChI=1S/C19H13ClN6S/c1-9-21-16-15-14(10-5-7-11(20)8-6-10)12-3-2-4-13(12)22-19(15)27-17(16)18-23-24-25-26(9)18/h5-8H,2-4H2,1H3. The highest BCUT2D eigenvalue weighted by atomic mass is 35.5. The summed E-state index contributed by atoms with van der Waals surface area (Å²) in [6, 6.07) is 8.06. The molecule has 4 heterocycles. The van der Waals surface area contributed by atoms with Gasteiger partial charge >= 0.3 is 0 Å². The van der Waals surface area contributed by atoms with E-state index in [2.05, 4.69) is 27.7 Å². The average Bonchev–Trinajstić information content (AvgIpc) is 3.38. The van der Waals surface area contributed by atoms with E-state index in [9.17, 15) is 0 Å². The van der Waals surface area contributed by atoms with Gasteiger partial charge in [0.05, 0.1) is 5.52 Å². The molecule has 27 heavy (non-hydrogen) atoms. The molecule has 6 rings (SSSR count). The number of hydrogen-bond acceptors (Lipinski definition) is 6. The maximum Gasteiger partial charge on any atom is 0.200 e. The van der Waals surface area contributed by atoms with Gasteiger partial charge in [0.15, 0.2) is 0 Å². The largest absolute Gasteiger partial charge is 0.242 e. The molecular formula is C19H13ClN6S. The van der Waals surface area contributed by atoms with Gasteiger partial charge in [-0.15, -0.1) is 16.4 Å². The second-order valence-corrected chi connectivity index (χ2v) is 8.24. The van der Waals surface area contributed by atoms with Crippen molar-refractivity contribution in [3.63, 3.8) is 0 Å². The highest BCUT2D eigenvalue weighted by molar-refractivity contribution is 7.26. The lowest BCUT2D eigenvalue weighted by atomic mass is 9.96. The summed E-state index contributed by atoms with van der Waals surface area (Å²) in [6.07, 6.45) is 3.21. The van der Waals surface area contributed by atoms with Crippen molar-refractivity contribution in [3.05, 3.63) is 46.4 Å². The van der Waals surface area contributed by atoms with Crippen LogP contribution in [0.15, 0.2) is 24.3 Å². The van der Waals surface area contributed by atoms with Crippen LogP contribution in [-0.4, -0.2) is 30.0 Å². The molecule has 4 aromatic heterocycles. The fourth-order valence-corrected chi connectivity index (χ4v) is 5.30. The average molecular weight is 393 g/mol. The number of fused-ring (bicyclic) bond motifs is 6. The first-order chi connectivity index (χ1) is 13.2.